The van der Waals surface area contributed by atoms with Crippen molar-refractivity contribution in [3.8, 4) is 5.75 Å². The Morgan fingerprint density at radius 3 is 2.41 bits per heavy atom. The average molecular weight is 237 g/mol. The molecule has 17 heavy (non-hydrogen) atoms. The van der Waals surface area contributed by atoms with Crippen LogP contribution in [-0.2, 0) is 6.54 Å². The molecule has 0 unspecified atom stereocenters. The van der Waals surface area contributed by atoms with Crippen LogP contribution in [0.15, 0.2) is 24.3 Å². The van der Waals surface area contributed by atoms with Gasteiger partial charge in [0.1, 0.15) is 5.75 Å². The van der Waals surface area contributed by atoms with E-state index >= 15 is 0 Å². The first-order valence-corrected chi connectivity index (χ1v) is 6.14. The van der Waals surface area contributed by atoms with Crippen molar-refractivity contribution in [2.24, 2.45) is 0 Å². The maximum Gasteiger partial charge on any atom is 0.120 e. The van der Waals surface area contributed by atoms with E-state index in [-0.39, 0.29) is 0 Å². The number of aliphatic hydroxyl groups is 1. The van der Waals surface area contributed by atoms with Gasteiger partial charge >= 0.3 is 0 Å². The standard InChI is InChI=1S/C14H23NO2/c1-4-9-15(11-14(2,3)17)10-12-7-5-6-8-13(12)16/h5-8,16-17H,4,9-11H2,1-3H3. The molecule has 0 saturated carbocycles. The molecular formula is C14H23NO2. The van der Waals surface area contributed by atoms with E-state index in [0.717, 1.165) is 18.5 Å². The molecule has 0 aliphatic carbocycles. The van der Waals surface area contributed by atoms with Crippen LogP contribution in [0.4, 0.5) is 0 Å². The van der Waals surface area contributed by atoms with Crippen LogP contribution in [0, 0.1) is 0 Å². The van der Waals surface area contributed by atoms with Crippen LogP contribution in [0.3, 0.4) is 0 Å². The maximum absolute atomic E-state index is 9.86. The Kier molecular flexibility index (Phi) is 4.97. The zero-order valence-corrected chi connectivity index (χ0v) is 11.0. The topological polar surface area (TPSA) is 43.7 Å². The Labute approximate surface area is 104 Å². The van der Waals surface area contributed by atoms with Crippen LogP contribution in [0.2, 0.25) is 0 Å². The molecule has 0 fully saturated rings. The summed E-state index contributed by atoms with van der Waals surface area (Å²) in [6.07, 6.45) is 1.03. The molecule has 0 heterocycles. The summed E-state index contributed by atoms with van der Waals surface area (Å²) in [7, 11) is 0. The lowest BCUT2D eigenvalue weighted by molar-refractivity contribution is 0.0333. The van der Waals surface area contributed by atoms with Crippen molar-refractivity contribution >= 4 is 0 Å². The monoisotopic (exact) mass is 237 g/mol. The van der Waals surface area contributed by atoms with Crippen LogP contribution in [0.1, 0.15) is 32.8 Å². The van der Waals surface area contributed by atoms with E-state index in [0.29, 0.717) is 18.8 Å². The molecule has 0 bridgehead atoms. The molecule has 3 nitrogen and oxygen atoms in total. The third kappa shape index (κ3) is 5.20. The molecule has 1 rings (SSSR count). The van der Waals surface area contributed by atoms with E-state index in [1.54, 1.807) is 19.9 Å². The number of phenolic OH excluding ortho intramolecular Hbond substituents is 1. The van der Waals surface area contributed by atoms with Crippen molar-refractivity contribution in [2.75, 3.05) is 13.1 Å². The number of hydrogen-bond donors (Lipinski definition) is 2. The van der Waals surface area contributed by atoms with Gasteiger partial charge in [-0.25, -0.2) is 0 Å². The lowest BCUT2D eigenvalue weighted by Crippen LogP contribution is -2.38. The van der Waals surface area contributed by atoms with Gasteiger partial charge in [-0.15, -0.1) is 0 Å². The number of phenols is 1. The minimum atomic E-state index is -0.709. The quantitative estimate of drug-likeness (QED) is 0.798. The molecule has 2 N–H and O–H groups in total. The van der Waals surface area contributed by atoms with E-state index in [2.05, 4.69) is 11.8 Å². The molecule has 1 aromatic rings. The highest BCUT2D eigenvalue weighted by atomic mass is 16.3. The van der Waals surface area contributed by atoms with Gasteiger partial charge in [0.15, 0.2) is 0 Å². The number of benzene rings is 1. The fourth-order valence-electron chi connectivity index (χ4n) is 1.96. The van der Waals surface area contributed by atoms with Gasteiger partial charge in [-0.3, -0.25) is 4.90 Å². The Bertz CT molecular complexity index is 344. The molecule has 3 heteroatoms. The molecule has 0 aliphatic rings. The number of rotatable bonds is 6. The lowest BCUT2D eigenvalue weighted by Gasteiger charge is -2.28. The minimum Gasteiger partial charge on any atom is -0.508 e. The van der Waals surface area contributed by atoms with E-state index in [1.165, 1.54) is 0 Å². The Morgan fingerprint density at radius 2 is 1.88 bits per heavy atom. The van der Waals surface area contributed by atoms with Crippen molar-refractivity contribution in [2.45, 2.75) is 39.3 Å². The Morgan fingerprint density at radius 1 is 1.24 bits per heavy atom. The van der Waals surface area contributed by atoms with Crippen LogP contribution < -0.4 is 0 Å². The minimum absolute atomic E-state index is 0.323. The molecule has 0 aliphatic heterocycles. The SMILES string of the molecule is CCCN(Cc1ccccc1O)CC(C)(C)O. The Balaban J connectivity index is 2.70. The smallest absolute Gasteiger partial charge is 0.120 e. The van der Waals surface area contributed by atoms with Gasteiger partial charge in [-0.2, -0.15) is 0 Å². The molecule has 1 aromatic carbocycles. The van der Waals surface area contributed by atoms with Gasteiger partial charge in [0.05, 0.1) is 5.60 Å². The third-order valence-electron chi connectivity index (χ3n) is 2.54. The highest BCUT2D eigenvalue weighted by molar-refractivity contribution is 5.31. The molecule has 0 aromatic heterocycles. The fraction of sp³-hybridized carbons (Fsp3) is 0.571. The third-order valence-corrected chi connectivity index (χ3v) is 2.54. The van der Waals surface area contributed by atoms with Gasteiger partial charge in [0, 0.05) is 18.7 Å². The highest BCUT2D eigenvalue weighted by Crippen LogP contribution is 2.19. The van der Waals surface area contributed by atoms with Gasteiger partial charge < -0.3 is 10.2 Å². The first-order valence-electron chi connectivity index (χ1n) is 6.14. The summed E-state index contributed by atoms with van der Waals surface area (Å²) in [5.41, 5.74) is 0.199. The number of hydrogen-bond acceptors (Lipinski definition) is 3. The summed E-state index contributed by atoms with van der Waals surface area (Å²) in [4.78, 5) is 2.16. The van der Waals surface area contributed by atoms with Crippen molar-refractivity contribution in [3.05, 3.63) is 29.8 Å². The van der Waals surface area contributed by atoms with Gasteiger partial charge in [0.25, 0.3) is 0 Å². The number of aromatic hydroxyl groups is 1. The summed E-state index contributed by atoms with van der Waals surface area (Å²) in [5, 5.41) is 19.6. The zero-order valence-electron chi connectivity index (χ0n) is 11.0. The number of para-hydroxylation sites is 1. The first kappa shape index (κ1) is 14.0. The summed E-state index contributed by atoms with van der Waals surface area (Å²) in [6, 6.07) is 7.36. The largest absolute Gasteiger partial charge is 0.508 e. The lowest BCUT2D eigenvalue weighted by atomic mass is 10.1. The maximum atomic E-state index is 9.86. The second kappa shape index (κ2) is 6.03. The second-order valence-electron chi connectivity index (χ2n) is 5.15. The molecule has 0 amide bonds. The molecule has 96 valence electrons. The summed E-state index contributed by atoms with van der Waals surface area (Å²) in [5.74, 6) is 0.323. The van der Waals surface area contributed by atoms with Crippen molar-refractivity contribution in [3.63, 3.8) is 0 Å². The predicted molar refractivity (Wildman–Crippen MR) is 70.0 cm³/mol. The van der Waals surface area contributed by atoms with Crippen molar-refractivity contribution in [1.82, 2.24) is 4.90 Å². The predicted octanol–water partition coefficient (Wildman–Crippen LogP) is 2.38. The van der Waals surface area contributed by atoms with E-state index in [9.17, 15) is 10.2 Å². The van der Waals surface area contributed by atoms with Crippen LogP contribution in [0.5, 0.6) is 5.75 Å². The molecule has 0 radical (unpaired) electrons. The number of nitrogens with zero attached hydrogens (tertiary/aromatic N) is 1. The molecule has 0 atom stereocenters. The second-order valence-corrected chi connectivity index (χ2v) is 5.15. The summed E-state index contributed by atoms with van der Waals surface area (Å²) >= 11 is 0. The van der Waals surface area contributed by atoms with E-state index < -0.39 is 5.60 Å². The Hall–Kier alpha value is -1.06. The van der Waals surface area contributed by atoms with E-state index in [4.69, 9.17) is 0 Å². The zero-order chi connectivity index (χ0) is 12.9. The van der Waals surface area contributed by atoms with Gasteiger partial charge in [-0.1, -0.05) is 25.1 Å². The summed E-state index contributed by atoms with van der Waals surface area (Å²) < 4.78 is 0. The molecule has 0 saturated heterocycles. The van der Waals surface area contributed by atoms with Crippen molar-refractivity contribution in [1.29, 1.82) is 0 Å². The molecule has 0 spiro atoms. The first-order chi connectivity index (χ1) is 7.92. The van der Waals surface area contributed by atoms with Gasteiger partial charge in [-0.05, 0) is 32.9 Å². The summed E-state index contributed by atoms with van der Waals surface area (Å²) in [6.45, 7) is 7.92. The highest BCUT2D eigenvalue weighted by Gasteiger charge is 2.18. The fourth-order valence-corrected chi connectivity index (χ4v) is 1.96. The van der Waals surface area contributed by atoms with Crippen molar-refractivity contribution < 1.29 is 10.2 Å². The van der Waals surface area contributed by atoms with Crippen LogP contribution in [-0.4, -0.2) is 33.8 Å². The average Bonchev–Trinajstić information content (AvgIpc) is 2.19. The van der Waals surface area contributed by atoms with Gasteiger partial charge in [0.2, 0.25) is 0 Å². The van der Waals surface area contributed by atoms with E-state index in [1.807, 2.05) is 18.2 Å². The normalized spacial score (nSPS) is 12.1. The van der Waals surface area contributed by atoms with Crippen LogP contribution in [0.25, 0.3) is 0 Å². The van der Waals surface area contributed by atoms with Crippen LogP contribution >= 0.6 is 0 Å². The molecular weight excluding hydrogens is 214 g/mol.